The number of nitrogens with one attached hydrogen (secondary N) is 3. The van der Waals surface area contributed by atoms with Crippen molar-refractivity contribution in [1.29, 1.82) is 0 Å². The van der Waals surface area contributed by atoms with Crippen LogP contribution in [-0.4, -0.2) is 41.7 Å². The number of imidazole rings is 1. The molecule has 17 heavy (non-hydrogen) atoms. The lowest BCUT2D eigenvalue weighted by Gasteiger charge is -2.22. The zero-order chi connectivity index (χ0) is 11.9. The number of nitrogens with zero attached hydrogens (tertiary/aromatic N) is 1. The molecule has 1 aliphatic heterocycles. The molecule has 1 aliphatic rings. The number of carbonyl (C=O) groups excluding carboxylic acids is 1. The summed E-state index contributed by atoms with van der Waals surface area (Å²) in [7, 11) is 0. The van der Waals surface area contributed by atoms with Gasteiger partial charge in [0.2, 0.25) is 11.9 Å². The predicted octanol–water partition coefficient (Wildman–Crippen LogP) is 0.507. The van der Waals surface area contributed by atoms with E-state index in [1.165, 1.54) is 0 Å². The molecule has 6 nitrogen and oxygen atoms in total. The van der Waals surface area contributed by atoms with Crippen LogP contribution in [-0.2, 0) is 9.53 Å². The lowest BCUT2D eigenvalue weighted by atomic mass is 10.1. The molecule has 1 saturated heterocycles. The predicted molar refractivity (Wildman–Crippen MR) is 63.7 cm³/mol. The second-order valence-electron chi connectivity index (χ2n) is 4.06. The van der Waals surface area contributed by atoms with Gasteiger partial charge in [-0.15, -0.1) is 0 Å². The van der Waals surface area contributed by atoms with E-state index >= 15 is 0 Å². The van der Waals surface area contributed by atoms with Gasteiger partial charge in [0.05, 0.1) is 19.1 Å². The monoisotopic (exact) mass is 238 g/mol. The van der Waals surface area contributed by atoms with Gasteiger partial charge < -0.3 is 15.0 Å². The Morgan fingerprint density at radius 2 is 2.35 bits per heavy atom. The van der Waals surface area contributed by atoms with Crippen molar-refractivity contribution in [1.82, 2.24) is 15.3 Å². The Hall–Kier alpha value is -1.40. The number of aromatic amines is 1. The van der Waals surface area contributed by atoms with E-state index in [0.717, 1.165) is 25.9 Å². The molecule has 0 aromatic carbocycles. The highest BCUT2D eigenvalue weighted by Gasteiger charge is 2.13. The van der Waals surface area contributed by atoms with Crippen molar-refractivity contribution in [2.75, 3.05) is 25.0 Å². The van der Waals surface area contributed by atoms with Gasteiger partial charge in [0.15, 0.2) is 0 Å². The topological polar surface area (TPSA) is 79.0 Å². The molecule has 1 aromatic heterocycles. The number of hydrogen-bond donors (Lipinski definition) is 3. The zero-order valence-electron chi connectivity index (χ0n) is 9.74. The van der Waals surface area contributed by atoms with Gasteiger partial charge in [-0.3, -0.25) is 10.1 Å². The fourth-order valence-electron chi connectivity index (χ4n) is 1.81. The third kappa shape index (κ3) is 4.16. The van der Waals surface area contributed by atoms with E-state index in [1.807, 2.05) is 0 Å². The molecule has 3 N–H and O–H groups in total. The molecule has 0 radical (unpaired) electrons. The largest absolute Gasteiger partial charge is 0.378 e. The van der Waals surface area contributed by atoms with E-state index in [4.69, 9.17) is 4.74 Å². The van der Waals surface area contributed by atoms with Gasteiger partial charge in [0.1, 0.15) is 0 Å². The Kier molecular flexibility index (Phi) is 4.52. The van der Waals surface area contributed by atoms with Crippen molar-refractivity contribution in [3.05, 3.63) is 12.4 Å². The maximum atomic E-state index is 11.5. The number of piperidine rings is 1. The Morgan fingerprint density at radius 1 is 1.53 bits per heavy atom. The van der Waals surface area contributed by atoms with Crippen molar-refractivity contribution >= 4 is 11.9 Å². The lowest BCUT2D eigenvalue weighted by molar-refractivity contribution is -0.117. The number of aromatic nitrogens is 2. The molecule has 0 bridgehead atoms. The average molecular weight is 238 g/mol. The van der Waals surface area contributed by atoms with Crippen molar-refractivity contribution < 1.29 is 9.53 Å². The number of carbonyl (C=O) groups is 1. The van der Waals surface area contributed by atoms with E-state index in [0.29, 0.717) is 25.1 Å². The number of H-pyrrole nitrogens is 1. The molecule has 0 spiro atoms. The van der Waals surface area contributed by atoms with E-state index in [2.05, 4.69) is 20.6 Å². The minimum atomic E-state index is -0.0751. The van der Waals surface area contributed by atoms with Crippen LogP contribution in [0.25, 0.3) is 0 Å². The van der Waals surface area contributed by atoms with Crippen molar-refractivity contribution in [2.45, 2.75) is 25.4 Å². The van der Waals surface area contributed by atoms with Crippen LogP contribution in [0, 0.1) is 0 Å². The zero-order valence-corrected chi connectivity index (χ0v) is 9.74. The van der Waals surface area contributed by atoms with E-state index in [9.17, 15) is 4.79 Å². The molecule has 1 aromatic rings. The first kappa shape index (κ1) is 12.1. The molecule has 0 unspecified atom stereocenters. The number of anilines is 1. The number of hydrogen-bond acceptors (Lipinski definition) is 4. The van der Waals surface area contributed by atoms with Crippen LogP contribution < -0.4 is 10.6 Å². The molecular formula is C11H18N4O2. The Morgan fingerprint density at radius 3 is 3.06 bits per heavy atom. The van der Waals surface area contributed by atoms with Gasteiger partial charge in [0, 0.05) is 12.4 Å². The number of rotatable bonds is 5. The summed E-state index contributed by atoms with van der Waals surface area (Å²) >= 11 is 0. The summed E-state index contributed by atoms with van der Waals surface area (Å²) in [5.41, 5.74) is 0. The third-order valence-corrected chi connectivity index (χ3v) is 2.72. The summed E-state index contributed by atoms with van der Waals surface area (Å²) in [6.45, 7) is 2.48. The van der Waals surface area contributed by atoms with Crippen LogP contribution >= 0.6 is 0 Å². The second-order valence-corrected chi connectivity index (χ2v) is 4.06. The smallest absolute Gasteiger partial charge is 0.228 e. The minimum absolute atomic E-state index is 0.0751. The molecule has 1 amide bonds. The van der Waals surface area contributed by atoms with Crippen molar-refractivity contribution in [2.24, 2.45) is 0 Å². The fraction of sp³-hybridized carbons (Fsp3) is 0.636. The van der Waals surface area contributed by atoms with Crippen LogP contribution in [0.5, 0.6) is 0 Å². The van der Waals surface area contributed by atoms with Crippen LogP contribution in [0.15, 0.2) is 12.4 Å². The summed E-state index contributed by atoms with van der Waals surface area (Å²) in [4.78, 5) is 18.2. The SMILES string of the molecule is O=C(CCOC1CCNCC1)Nc1ncc[nH]1. The van der Waals surface area contributed by atoms with Gasteiger partial charge in [0.25, 0.3) is 0 Å². The molecule has 2 heterocycles. The molecule has 2 rings (SSSR count). The highest BCUT2D eigenvalue weighted by molar-refractivity contribution is 5.88. The molecule has 0 atom stereocenters. The van der Waals surface area contributed by atoms with Gasteiger partial charge in [-0.1, -0.05) is 0 Å². The lowest BCUT2D eigenvalue weighted by Crippen LogP contribution is -2.33. The van der Waals surface area contributed by atoms with E-state index in [-0.39, 0.29) is 5.91 Å². The summed E-state index contributed by atoms with van der Waals surface area (Å²) in [6.07, 6.45) is 5.99. The van der Waals surface area contributed by atoms with Crippen LogP contribution in [0.4, 0.5) is 5.95 Å². The number of amides is 1. The first-order chi connectivity index (χ1) is 8.34. The minimum Gasteiger partial charge on any atom is -0.378 e. The normalized spacial score (nSPS) is 16.9. The fourth-order valence-corrected chi connectivity index (χ4v) is 1.81. The maximum Gasteiger partial charge on any atom is 0.228 e. The molecule has 1 fully saturated rings. The highest BCUT2D eigenvalue weighted by atomic mass is 16.5. The summed E-state index contributed by atoms with van der Waals surface area (Å²) in [5, 5.41) is 5.93. The van der Waals surface area contributed by atoms with Crippen LogP contribution in [0.1, 0.15) is 19.3 Å². The maximum absolute atomic E-state index is 11.5. The second kappa shape index (κ2) is 6.36. The van der Waals surface area contributed by atoms with Crippen LogP contribution in [0.2, 0.25) is 0 Å². The Labute approximate surface area is 100 Å². The van der Waals surface area contributed by atoms with Crippen LogP contribution in [0.3, 0.4) is 0 Å². The summed E-state index contributed by atoms with van der Waals surface area (Å²) in [5.74, 6) is 0.408. The average Bonchev–Trinajstić information content (AvgIpc) is 2.83. The van der Waals surface area contributed by atoms with Gasteiger partial charge in [-0.05, 0) is 25.9 Å². The first-order valence-corrected chi connectivity index (χ1v) is 5.96. The number of ether oxygens (including phenoxy) is 1. The Balaban J connectivity index is 1.59. The molecule has 6 heteroatoms. The van der Waals surface area contributed by atoms with E-state index in [1.54, 1.807) is 12.4 Å². The van der Waals surface area contributed by atoms with Crippen molar-refractivity contribution in [3.63, 3.8) is 0 Å². The standard InChI is InChI=1S/C11H18N4O2/c16-10(15-11-13-6-7-14-11)3-8-17-9-1-4-12-5-2-9/h6-7,9,12H,1-5,8H2,(H2,13,14,15,16). The quantitative estimate of drug-likeness (QED) is 0.698. The highest BCUT2D eigenvalue weighted by Crippen LogP contribution is 2.07. The van der Waals surface area contributed by atoms with Gasteiger partial charge >= 0.3 is 0 Å². The van der Waals surface area contributed by atoms with E-state index < -0.39 is 0 Å². The summed E-state index contributed by atoms with van der Waals surface area (Å²) in [6, 6.07) is 0. The molecular weight excluding hydrogens is 220 g/mol. The molecule has 0 aliphatic carbocycles. The van der Waals surface area contributed by atoms with Gasteiger partial charge in [-0.2, -0.15) is 0 Å². The molecule has 94 valence electrons. The summed E-state index contributed by atoms with van der Waals surface area (Å²) < 4.78 is 5.64. The van der Waals surface area contributed by atoms with Gasteiger partial charge in [-0.25, -0.2) is 4.98 Å². The third-order valence-electron chi connectivity index (χ3n) is 2.72. The molecule has 0 saturated carbocycles. The van der Waals surface area contributed by atoms with Crippen molar-refractivity contribution in [3.8, 4) is 0 Å². The first-order valence-electron chi connectivity index (χ1n) is 5.96. The Bertz CT molecular complexity index is 333.